The molecule has 0 bridgehead atoms. The summed E-state index contributed by atoms with van der Waals surface area (Å²) in [6, 6.07) is 10.1. The van der Waals surface area contributed by atoms with Gasteiger partial charge in [0.2, 0.25) is 0 Å². The van der Waals surface area contributed by atoms with E-state index in [0.717, 1.165) is 41.7 Å². The molecular formula is C23H29N3O3S. The first kappa shape index (κ1) is 23.4. The van der Waals surface area contributed by atoms with E-state index in [-0.39, 0.29) is 22.4 Å². The summed E-state index contributed by atoms with van der Waals surface area (Å²) in [5, 5.41) is 9.62. The fourth-order valence-electron chi connectivity index (χ4n) is 3.42. The first-order valence-corrected chi connectivity index (χ1v) is 11.8. The zero-order valence-corrected chi connectivity index (χ0v) is 19.2. The van der Waals surface area contributed by atoms with Crippen molar-refractivity contribution in [2.24, 2.45) is 0 Å². The molecule has 2 rings (SSSR count). The van der Waals surface area contributed by atoms with Crippen molar-refractivity contribution in [1.29, 1.82) is 5.26 Å². The van der Waals surface area contributed by atoms with Crippen molar-refractivity contribution < 1.29 is 13.2 Å². The van der Waals surface area contributed by atoms with Gasteiger partial charge in [0.05, 0.1) is 10.9 Å². The predicted molar refractivity (Wildman–Crippen MR) is 119 cm³/mol. The second-order valence-electron chi connectivity index (χ2n) is 7.58. The summed E-state index contributed by atoms with van der Waals surface area (Å²) in [6.07, 6.45) is 3.80. The van der Waals surface area contributed by atoms with Gasteiger partial charge in [-0.05, 0) is 62.6 Å². The number of carbonyl (C=O) groups is 1. The SMILES string of the molecule is CCCn1c(C)cc(/C=C(/C#N)C(=O)N(C)C(C)c2ccc(S(C)(=O)=O)cc2)c1C. The number of nitrogens with zero attached hydrogens (tertiary/aromatic N) is 3. The zero-order chi connectivity index (χ0) is 22.6. The number of likely N-dealkylation sites (N-methyl/N-ethyl adjacent to an activating group) is 1. The van der Waals surface area contributed by atoms with E-state index < -0.39 is 9.84 Å². The molecule has 7 heteroatoms. The maximum absolute atomic E-state index is 13.0. The van der Waals surface area contributed by atoms with E-state index in [4.69, 9.17) is 0 Å². The lowest BCUT2D eigenvalue weighted by Gasteiger charge is -2.25. The largest absolute Gasteiger partial charge is 0.349 e. The molecule has 2 aromatic rings. The number of aryl methyl sites for hydroxylation is 1. The van der Waals surface area contributed by atoms with Crippen LogP contribution < -0.4 is 0 Å². The average molecular weight is 428 g/mol. The Morgan fingerprint density at radius 2 is 1.87 bits per heavy atom. The fraction of sp³-hybridized carbons (Fsp3) is 0.391. The van der Waals surface area contributed by atoms with Crippen LogP contribution in [0.5, 0.6) is 0 Å². The van der Waals surface area contributed by atoms with Gasteiger partial charge in [0.1, 0.15) is 11.6 Å². The third-order valence-electron chi connectivity index (χ3n) is 5.40. The summed E-state index contributed by atoms with van der Waals surface area (Å²) in [5.74, 6) is -0.377. The second-order valence-corrected chi connectivity index (χ2v) is 9.60. The minimum Gasteiger partial charge on any atom is -0.349 e. The monoisotopic (exact) mass is 427 g/mol. The van der Waals surface area contributed by atoms with Crippen molar-refractivity contribution in [3.63, 3.8) is 0 Å². The molecule has 0 saturated carbocycles. The van der Waals surface area contributed by atoms with Crippen molar-refractivity contribution in [2.75, 3.05) is 13.3 Å². The number of nitriles is 1. The van der Waals surface area contributed by atoms with Gasteiger partial charge in [-0.25, -0.2) is 8.42 Å². The van der Waals surface area contributed by atoms with Crippen LogP contribution in [0.2, 0.25) is 0 Å². The Hall–Kier alpha value is -2.85. The van der Waals surface area contributed by atoms with Gasteiger partial charge in [0.15, 0.2) is 9.84 Å². The van der Waals surface area contributed by atoms with Crippen LogP contribution in [0, 0.1) is 25.2 Å². The number of carbonyl (C=O) groups excluding carboxylic acids is 1. The molecule has 30 heavy (non-hydrogen) atoms. The molecule has 1 amide bonds. The average Bonchev–Trinajstić information content (AvgIpc) is 2.97. The van der Waals surface area contributed by atoms with Crippen LogP contribution in [0.15, 0.2) is 40.8 Å². The topological polar surface area (TPSA) is 83.2 Å². The van der Waals surface area contributed by atoms with Crippen LogP contribution in [-0.2, 0) is 21.2 Å². The standard InChI is InChI=1S/C23H29N3O3S/c1-7-12-26-16(2)13-20(18(26)4)14-21(15-24)23(27)25(5)17(3)19-8-10-22(11-9-19)30(6,28)29/h8-11,13-14,17H,7,12H2,1-6H3/b21-14-. The van der Waals surface area contributed by atoms with Crippen molar-refractivity contribution in [3.05, 3.63) is 58.4 Å². The smallest absolute Gasteiger partial charge is 0.264 e. The third kappa shape index (κ3) is 5.00. The van der Waals surface area contributed by atoms with Gasteiger partial charge in [0.25, 0.3) is 5.91 Å². The summed E-state index contributed by atoms with van der Waals surface area (Å²) in [7, 11) is -1.64. The van der Waals surface area contributed by atoms with Crippen molar-refractivity contribution in [2.45, 2.75) is 51.6 Å². The molecule has 1 atom stereocenters. The number of benzene rings is 1. The lowest BCUT2D eigenvalue weighted by atomic mass is 10.1. The zero-order valence-electron chi connectivity index (χ0n) is 18.4. The minimum atomic E-state index is -3.28. The maximum atomic E-state index is 13.0. The molecule has 1 heterocycles. The van der Waals surface area contributed by atoms with Crippen molar-refractivity contribution in [1.82, 2.24) is 9.47 Å². The van der Waals surface area contributed by atoms with E-state index >= 15 is 0 Å². The van der Waals surface area contributed by atoms with Crippen molar-refractivity contribution in [3.8, 4) is 6.07 Å². The maximum Gasteiger partial charge on any atom is 0.264 e. The lowest BCUT2D eigenvalue weighted by molar-refractivity contribution is -0.127. The molecule has 0 spiro atoms. The molecule has 0 aliphatic carbocycles. The Balaban J connectivity index is 2.30. The van der Waals surface area contributed by atoms with Gasteiger partial charge in [0, 0.05) is 31.2 Å². The molecule has 1 aromatic carbocycles. The summed E-state index contributed by atoms with van der Waals surface area (Å²) in [4.78, 5) is 14.7. The molecule has 6 nitrogen and oxygen atoms in total. The fourth-order valence-corrected chi connectivity index (χ4v) is 4.05. The summed E-state index contributed by atoms with van der Waals surface area (Å²) < 4.78 is 25.5. The Labute approximate surface area is 179 Å². The van der Waals surface area contributed by atoms with Crippen LogP contribution in [0.25, 0.3) is 6.08 Å². The molecule has 1 aromatic heterocycles. The molecule has 0 aliphatic rings. The molecule has 0 N–H and O–H groups in total. The van der Waals surface area contributed by atoms with Crippen LogP contribution in [0.1, 0.15) is 48.8 Å². The number of hydrogen-bond acceptors (Lipinski definition) is 4. The molecular weight excluding hydrogens is 398 g/mol. The van der Waals surface area contributed by atoms with Gasteiger partial charge in [-0.15, -0.1) is 0 Å². The van der Waals surface area contributed by atoms with Gasteiger partial charge >= 0.3 is 0 Å². The minimum absolute atomic E-state index is 0.0638. The number of aromatic nitrogens is 1. The molecule has 0 saturated heterocycles. The normalized spacial score (nSPS) is 13.0. The molecule has 1 unspecified atom stereocenters. The quantitative estimate of drug-likeness (QED) is 0.493. The van der Waals surface area contributed by atoms with Gasteiger partial charge < -0.3 is 9.47 Å². The van der Waals surface area contributed by atoms with Crippen LogP contribution >= 0.6 is 0 Å². The Kier molecular flexibility index (Phi) is 7.27. The molecule has 0 radical (unpaired) electrons. The van der Waals surface area contributed by atoms with E-state index in [0.29, 0.717) is 0 Å². The number of hydrogen-bond donors (Lipinski definition) is 0. The number of amides is 1. The number of sulfone groups is 1. The molecule has 160 valence electrons. The Morgan fingerprint density at radius 3 is 2.37 bits per heavy atom. The van der Waals surface area contributed by atoms with Crippen molar-refractivity contribution >= 4 is 21.8 Å². The highest BCUT2D eigenvalue weighted by molar-refractivity contribution is 7.90. The highest BCUT2D eigenvalue weighted by Crippen LogP contribution is 2.24. The Morgan fingerprint density at radius 1 is 1.27 bits per heavy atom. The van der Waals surface area contributed by atoms with E-state index in [1.54, 1.807) is 25.3 Å². The van der Waals surface area contributed by atoms with Crippen LogP contribution in [0.4, 0.5) is 0 Å². The predicted octanol–water partition coefficient (Wildman–Crippen LogP) is 4.05. The van der Waals surface area contributed by atoms with E-state index in [2.05, 4.69) is 11.5 Å². The first-order valence-electron chi connectivity index (χ1n) is 9.87. The molecule has 0 aliphatic heterocycles. The highest BCUT2D eigenvalue weighted by Gasteiger charge is 2.22. The van der Waals surface area contributed by atoms with Crippen LogP contribution in [-0.4, -0.2) is 37.1 Å². The lowest BCUT2D eigenvalue weighted by Crippen LogP contribution is -2.30. The third-order valence-corrected chi connectivity index (χ3v) is 6.53. The van der Waals surface area contributed by atoms with Gasteiger partial charge in [-0.2, -0.15) is 5.26 Å². The molecule has 0 fully saturated rings. The number of rotatable bonds is 7. The summed E-state index contributed by atoms with van der Waals surface area (Å²) in [6.45, 7) is 8.85. The van der Waals surface area contributed by atoms with E-state index in [1.165, 1.54) is 17.0 Å². The summed E-state index contributed by atoms with van der Waals surface area (Å²) in [5.41, 5.74) is 3.84. The van der Waals surface area contributed by atoms with E-state index in [1.807, 2.05) is 32.9 Å². The first-order chi connectivity index (χ1) is 14.0. The van der Waals surface area contributed by atoms with Crippen LogP contribution in [0.3, 0.4) is 0 Å². The van der Waals surface area contributed by atoms with Gasteiger partial charge in [-0.3, -0.25) is 4.79 Å². The summed E-state index contributed by atoms with van der Waals surface area (Å²) >= 11 is 0. The van der Waals surface area contributed by atoms with Gasteiger partial charge in [-0.1, -0.05) is 19.1 Å². The van der Waals surface area contributed by atoms with E-state index in [9.17, 15) is 18.5 Å². The highest BCUT2D eigenvalue weighted by atomic mass is 32.2. The Bertz CT molecular complexity index is 1100. The second kappa shape index (κ2) is 9.31.